The predicted octanol–water partition coefficient (Wildman–Crippen LogP) is 1.69. The topological polar surface area (TPSA) is 62.7 Å². The molecule has 0 aromatic rings. The molecule has 6 heteroatoms. The minimum atomic E-state index is -0.473. The van der Waals surface area contributed by atoms with Crippen LogP contribution in [0.2, 0.25) is 0 Å². The lowest BCUT2D eigenvalue weighted by molar-refractivity contribution is -0.152. The highest BCUT2D eigenvalue weighted by Crippen LogP contribution is 2.06. The van der Waals surface area contributed by atoms with Crippen LogP contribution in [-0.2, 0) is 9.53 Å². The highest BCUT2D eigenvalue weighted by atomic mass is 127. The fraction of sp³-hybridized carbons (Fsp3) is 0.667. The number of nitrogens with one attached hydrogen (secondary N) is 2. The molecule has 18 heavy (non-hydrogen) atoms. The van der Waals surface area contributed by atoms with E-state index >= 15 is 0 Å². The quantitative estimate of drug-likeness (QED) is 0.255. The van der Waals surface area contributed by atoms with Crippen molar-refractivity contribution >= 4 is 35.9 Å². The number of esters is 1. The monoisotopic (exact) mass is 369 g/mol. The van der Waals surface area contributed by atoms with Crippen LogP contribution in [0.15, 0.2) is 17.6 Å². The summed E-state index contributed by atoms with van der Waals surface area (Å²) >= 11 is 0. The molecule has 0 radical (unpaired) electrons. The van der Waals surface area contributed by atoms with Crippen molar-refractivity contribution < 1.29 is 9.53 Å². The van der Waals surface area contributed by atoms with E-state index in [1.807, 2.05) is 27.7 Å². The number of hydrogen-bond donors (Lipinski definition) is 2. The standard InChI is InChI=1S/C12H23N3O2.HI/c1-6-8-14-11(13-7-2)15-9-10(16)17-12(3,4)5;/h6H,1,7-9H2,2-5H3,(H2,13,14,15);1H. The van der Waals surface area contributed by atoms with Crippen LogP contribution in [0, 0.1) is 0 Å². The fourth-order valence-corrected chi connectivity index (χ4v) is 1.03. The van der Waals surface area contributed by atoms with Gasteiger partial charge in [0, 0.05) is 13.1 Å². The van der Waals surface area contributed by atoms with E-state index in [-0.39, 0.29) is 36.5 Å². The molecule has 106 valence electrons. The molecule has 0 aliphatic carbocycles. The zero-order valence-corrected chi connectivity index (χ0v) is 13.9. The Morgan fingerprint density at radius 2 is 2.00 bits per heavy atom. The first-order valence-electron chi connectivity index (χ1n) is 5.74. The second-order valence-electron chi connectivity index (χ2n) is 4.45. The van der Waals surface area contributed by atoms with Gasteiger partial charge in [-0.25, -0.2) is 4.99 Å². The highest BCUT2D eigenvalue weighted by molar-refractivity contribution is 14.0. The minimum absolute atomic E-state index is 0. The molecule has 0 aromatic carbocycles. The summed E-state index contributed by atoms with van der Waals surface area (Å²) in [6.07, 6.45) is 1.72. The highest BCUT2D eigenvalue weighted by Gasteiger charge is 2.15. The van der Waals surface area contributed by atoms with Crippen molar-refractivity contribution in [3.05, 3.63) is 12.7 Å². The number of carbonyl (C=O) groups excluding carboxylic acids is 1. The summed E-state index contributed by atoms with van der Waals surface area (Å²) in [6, 6.07) is 0. The van der Waals surface area contributed by atoms with Crippen molar-refractivity contribution in [2.45, 2.75) is 33.3 Å². The van der Waals surface area contributed by atoms with Crippen LogP contribution < -0.4 is 10.6 Å². The van der Waals surface area contributed by atoms with Crippen molar-refractivity contribution in [3.8, 4) is 0 Å². The van der Waals surface area contributed by atoms with Crippen molar-refractivity contribution in [3.63, 3.8) is 0 Å². The molecular formula is C12H24IN3O2. The lowest BCUT2D eigenvalue weighted by Crippen LogP contribution is -2.38. The van der Waals surface area contributed by atoms with Gasteiger partial charge in [0.25, 0.3) is 0 Å². The molecule has 0 spiro atoms. The number of rotatable bonds is 5. The van der Waals surface area contributed by atoms with E-state index in [1.165, 1.54) is 0 Å². The molecule has 0 rings (SSSR count). The first-order chi connectivity index (χ1) is 7.89. The van der Waals surface area contributed by atoms with E-state index in [1.54, 1.807) is 6.08 Å². The molecule has 0 amide bonds. The van der Waals surface area contributed by atoms with Crippen molar-refractivity contribution in [2.24, 2.45) is 4.99 Å². The minimum Gasteiger partial charge on any atom is -0.459 e. The Labute approximate surface area is 126 Å². The van der Waals surface area contributed by atoms with Gasteiger partial charge in [0.1, 0.15) is 12.1 Å². The van der Waals surface area contributed by atoms with Crippen molar-refractivity contribution in [2.75, 3.05) is 19.6 Å². The van der Waals surface area contributed by atoms with E-state index in [2.05, 4.69) is 22.2 Å². The Bertz CT molecular complexity index is 286. The molecule has 0 heterocycles. The molecule has 0 saturated heterocycles. The van der Waals surface area contributed by atoms with E-state index in [9.17, 15) is 4.79 Å². The van der Waals surface area contributed by atoms with Gasteiger partial charge >= 0.3 is 5.97 Å². The zero-order valence-electron chi connectivity index (χ0n) is 11.6. The van der Waals surface area contributed by atoms with Crippen LogP contribution in [0.5, 0.6) is 0 Å². The molecule has 0 fully saturated rings. The molecule has 5 nitrogen and oxygen atoms in total. The number of hydrogen-bond acceptors (Lipinski definition) is 3. The lowest BCUT2D eigenvalue weighted by atomic mass is 10.2. The SMILES string of the molecule is C=CCNC(=NCC(=O)OC(C)(C)C)NCC.I. The summed E-state index contributed by atoms with van der Waals surface area (Å²) < 4.78 is 5.15. The average Bonchev–Trinajstić information content (AvgIpc) is 2.19. The molecule has 0 unspecified atom stereocenters. The normalized spacial score (nSPS) is 11.2. The molecule has 0 aliphatic rings. The molecule has 0 aliphatic heterocycles. The van der Waals surface area contributed by atoms with Crippen LogP contribution in [0.4, 0.5) is 0 Å². The summed E-state index contributed by atoms with van der Waals surface area (Å²) in [6.45, 7) is 12.4. The van der Waals surface area contributed by atoms with Crippen LogP contribution in [0.25, 0.3) is 0 Å². The number of halogens is 1. The van der Waals surface area contributed by atoms with Crippen molar-refractivity contribution in [1.82, 2.24) is 10.6 Å². The number of aliphatic imine (C=N–C) groups is 1. The Balaban J connectivity index is 0. The summed E-state index contributed by atoms with van der Waals surface area (Å²) in [4.78, 5) is 15.5. The van der Waals surface area contributed by atoms with Gasteiger partial charge in [-0.05, 0) is 27.7 Å². The second kappa shape index (κ2) is 10.2. The summed E-state index contributed by atoms with van der Waals surface area (Å²) in [7, 11) is 0. The van der Waals surface area contributed by atoms with Crippen LogP contribution in [-0.4, -0.2) is 37.2 Å². The van der Waals surface area contributed by atoms with Gasteiger partial charge in [0.15, 0.2) is 5.96 Å². The fourth-order valence-electron chi connectivity index (χ4n) is 1.03. The summed E-state index contributed by atoms with van der Waals surface area (Å²) in [5.41, 5.74) is -0.473. The van der Waals surface area contributed by atoms with Gasteiger partial charge in [-0.15, -0.1) is 30.6 Å². The smallest absolute Gasteiger partial charge is 0.328 e. The van der Waals surface area contributed by atoms with Crippen LogP contribution in [0.1, 0.15) is 27.7 Å². The van der Waals surface area contributed by atoms with Gasteiger partial charge in [-0.1, -0.05) is 6.08 Å². The third kappa shape index (κ3) is 11.7. The van der Waals surface area contributed by atoms with Crippen LogP contribution in [0.3, 0.4) is 0 Å². The van der Waals surface area contributed by atoms with E-state index in [0.29, 0.717) is 12.5 Å². The molecule has 2 N–H and O–H groups in total. The Morgan fingerprint density at radius 3 is 2.44 bits per heavy atom. The maximum Gasteiger partial charge on any atom is 0.328 e. The zero-order chi connectivity index (χ0) is 13.3. The average molecular weight is 369 g/mol. The Hall–Kier alpha value is -0.790. The van der Waals surface area contributed by atoms with E-state index < -0.39 is 5.60 Å². The van der Waals surface area contributed by atoms with Gasteiger partial charge < -0.3 is 15.4 Å². The number of carbonyl (C=O) groups is 1. The largest absolute Gasteiger partial charge is 0.459 e. The van der Waals surface area contributed by atoms with E-state index in [4.69, 9.17) is 4.74 Å². The van der Waals surface area contributed by atoms with Gasteiger partial charge in [-0.3, -0.25) is 4.79 Å². The molecule has 0 aromatic heterocycles. The number of guanidine groups is 1. The van der Waals surface area contributed by atoms with Crippen molar-refractivity contribution in [1.29, 1.82) is 0 Å². The summed E-state index contributed by atoms with van der Waals surface area (Å²) in [5, 5.41) is 6.02. The number of ether oxygens (including phenoxy) is 1. The third-order valence-electron chi connectivity index (χ3n) is 1.54. The van der Waals surface area contributed by atoms with Gasteiger partial charge in [-0.2, -0.15) is 0 Å². The predicted molar refractivity (Wildman–Crippen MR) is 85.4 cm³/mol. The second-order valence-corrected chi connectivity index (χ2v) is 4.45. The maximum absolute atomic E-state index is 11.4. The first-order valence-corrected chi connectivity index (χ1v) is 5.74. The van der Waals surface area contributed by atoms with Gasteiger partial charge in [0.05, 0.1) is 0 Å². The molecule has 0 atom stereocenters. The Morgan fingerprint density at radius 1 is 1.39 bits per heavy atom. The maximum atomic E-state index is 11.4. The molecule has 0 saturated carbocycles. The Kier molecular flexibility index (Phi) is 11.0. The number of nitrogens with zero attached hydrogens (tertiary/aromatic N) is 1. The first kappa shape index (κ1) is 19.5. The summed E-state index contributed by atoms with van der Waals surface area (Å²) in [5.74, 6) is 0.242. The van der Waals surface area contributed by atoms with Gasteiger partial charge in [0.2, 0.25) is 0 Å². The lowest BCUT2D eigenvalue weighted by Gasteiger charge is -2.19. The molecular weight excluding hydrogens is 345 g/mol. The van der Waals surface area contributed by atoms with E-state index in [0.717, 1.165) is 6.54 Å². The molecule has 0 bridgehead atoms. The van der Waals surface area contributed by atoms with Crippen LogP contribution >= 0.6 is 24.0 Å². The third-order valence-corrected chi connectivity index (χ3v) is 1.54.